The number of aromatic nitrogens is 1. The molecule has 6 nitrogen and oxygen atoms in total. The number of rotatable bonds is 8. The number of hydrogen-bond acceptors (Lipinski definition) is 5. The van der Waals surface area contributed by atoms with Crippen molar-refractivity contribution in [2.45, 2.75) is 52.9 Å². The molecule has 2 aromatic carbocycles. The fourth-order valence-corrected chi connectivity index (χ4v) is 3.63. The van der Waals surface area contributed by atoms with E-state index in [1.165, 1.54) is 12.1 Å². The summed E-state index contributed by atoms with van der Waals surface area (Å²) in [5.41, 5.74) is 1.56. The van der Waals surface area contributed by atoms with Crippen molar-refractivity contribution in [2.24, 2.45) is 0 Å². The molecule has 0 aliphatic heterocycles. The Balaban J connectivity index is 1.65. The highest BCUT2D eigenvalue weighted by atomic mass is 19.4. The SMILES string of the molecule is CCOC(=O)C(C)(C)Oc1ccc(CNC(=O)c2ccc(-c3ccc(C(F)(F)F)cc3)nc2C)cc1C. The molecule has 0 aliphatic carbocycles. The molecular formula is C28H29F3N2O4. The number of ether oxygens (including phenoxy) is 2. The van der Waals surface area contributed by atoms with Gasteiger partial charge in [0.25, 0.3) is 5.91 Å². The van der Waals surface area contributed by atoms with Gasteiger partial charge in [0.1, 0.15) is 5.75 Å². The van der Waals surface area contributed by atoms with Gasteiger partial charge in [-0.15, -0.1) is 0 Å². The number of esters is 1. The van der Waals surface area contributed by atoms with Gasteiger partial charge in [-0.3, -0.25) is 9.78 Å². The maximum atomic E-state index is 12.8. The maximum absolute atomic E-state index is 12.8. The fraction of sp³-hybridized carbons (Fsp3) is 0.321. The molecule has 0 spiro atoms. The molecule has 0 unspecified atom stereocenters. The molecule has 1 aromatic heterocycles. The predicted molar refractivity (Wildman–Crippen MR) is 133 cm³/mol. The van der Waals surface area contributed by atoms with Gasteiger partial charge in [0.15, 0.2) is 5.60 Å². The molecule has 1 amide bonds. The Kier molecular flexibility index (Phi) is 8.25. The van der Waals surface area contributed by atoms with E-state index < -0.39 is 23.3 Å². The second-order valence-electron chi connectivity index (χ2n) is 9.02. The number of carbonyl (C=O) groups is 2. The number of alkyl halides is 3. The standard InChI is InChI=1S/C28H29F3N2O4/c1-6-36-26(35)27(4,5)37-24-14-7-19(15-17(24)2)16-32-25(34)22-12-13-23(33-18(22)3)20-8-10-21(11-9-20)28(29,30)31/h7-15H,6,16H2,1-5H3,(H,32,34). The first-order valence-electron chi connectivity index (χ1n) is 11.7. The highest BCUT2D eigenvalue weighted by Crippen LogP contribution is 2.31. The minimum Gasteiger partial charge on any atom is -0.476 e. The molecule has 0 atom stereocenters. The van der Waals surface area contributed by atoms with E-state index in [0.29, 0.717) is 28.3 Å². The van der Waals surface area contributed by atoms with Crippen LogP contribution in [-0.2, 0) is 22.3 Å². The number of amides is 1. The Morgan fingerprint density at radius 3 is 2.22 bits per heavy atom. The van der Waals surface area contributed by atoms with Gasteiger partial charge in [-0.1, -0.05) is 24.3 Å². The van der Waals surface area contributed by atoms with Crippen LogP contribution in [0.3, 0.4) is 0 Å². The lowest BCUT2D eigenvalue weighted by atomic mass is 10.1. The average molecular weight is 515 g/mol. The first kappa shape index (κ1) is 27.7. The van der Waals surface area contributed by atoms with Gasteiger partial charge in [0, 0.05) is 12.1 Å². The molecule has 0 radical (unpaired) electrons. The van der Waals surface area contributed by atoms with E-state index in [2.05, 4.69) is 10.3 Å². The van der Waals surface area contributed by atoms with E-state index in [-0.39, 0.29) is 19.1 Å². The normalized spacial score (nSPS) is 11.7. The minimum atomic E-state index is -4.41. The highest BCUT2D eigenvalue weighted by Gasteiger charge is 2.32. The van der Waals surface area contributed by atoms with Gasteiger partial charge in [-0.2, -0.15) is 13.2 Å². The van der Waals surface area contributed by atoms with Crippen LogP contribution in [0.5, 0.6) is 5.75 Å². The quantitative estimate of drug-likeness (QED) is 0.371. The van der Waals surface area contributed by atoms with Crippen LogP contribution in [0.1, 0.15) is 53.5 Å². The molecule has 1 heterocycles. The monoisotopic (exact) mass is 514 g/mol. The zero-order chi connectivity index (χ0) is 27.4. The summed E-state index contributed by atoms with van der Waals surface area (Å²) in [6.07, 6.45) is -4.41. The lowest BCUT2D eigenvalue weighted by molar-refractivity contribution is -0.158. The van der Waals surface area contributed by atoms with E-state index in [1.807, 2.05) is 13.0 Å². The number of carbonyl (C=O) groups excluding carboxylic acids is 2. The third kappa shape index (κ3) is 6.87. The Morgan fingerprint density at radius 1 is 0.973 bits per heavy atom. The Hall–Kier alpha value is -3.88. The zero-order valence-corrected chi connectivity index (χ0v) is 21.3. The van der Waals surface area contributed by atoms with Crippen LogP contribution < -0.4 is 10.1 Å². The van der Waals surface area contributed by atoms with Gasteiger partial charge in [-0.25, -0.2) is 4.79 Å². The van der Waals surface area contributed by atoms with Gasteiger partial charge in [0.05, 0.1) is 29.1 Å². The van der Waals surface area contributed by atoms with Crippen LogP contribution in [-0.4, -0.2) is 29.1 Å². The first-order valence-corrected chi connectivity index (χ1v) is 11.7. The Morgan fingerprint density at radius 2 is 1.65 bits per heavy atom. The number of pyridine rings is 1. The van der Waals surface area contributed by atoms with Crippen molar-refractivity contribution < 1.29 is 32.2 Å². The maximum Gasteiger partial charge on any atom is 0.416 e. The fourth-order valence-electron chi connectivity index (χ4n) is 3.63. The molecule has 0 saturated carbocycles. The van der Waals surface area contributed by atoms with Crippen LogP contribution in [0.4, 0.5) is 13.2 Å². The molecular weight excluding hydrogens is 485 g/mol. The van der Waals surface area contributed by atoms with Crippen LogP contribution >= 0.6 is 0 Å². The van der Waals surface area contributed by atoms with Crippen molar-refractivity contribution in [1.82, 2.24) is 10.3 Å². The molecule has 1 N–H and O–H groups in total. The van der Waals surface area contributed by atoms with Crippen molar-refractivity contribution >= 4 is 11.9 Å². The summed E-state index contributed by atoms with van der Waals surface area (Å²) in [4.78, 5) is 29.3. The number of hydrogen-bond donors (Lipinski definition) is 1. The van der Waals surface area contributed by atoms with Gasteiger partial charge in [-0.05, 0) is 76.1 Å². The Bertz CT molecular complexity index is 1290. The zero-order valence-electron chi connectivity index (χ0n) is 21.3. The molecule has 37 heavy (non-hydrogen) atoms. The largest absolute Gasteiger partial charge is 0.476 e. The van der Waals surface area contributed by atoms with Crippen molar-refractivity contribution in [3.8, 4) is 17.0 Å². The van der Waals surface area contributed by atoms with Crippen LogP contribution in [0.25, 0.3) is 11.3 Å². The third-order valence-electron chi connectivity index (χ3n) is 5.66. The topological polar surface area (TPSA) is 77.5 Å². The van der Waals surface area contributed by atoms with E-state index in [9.17, 15) is 22.8 Å². The first-order chi connectivity index (χ1) is 17.3. The Labute approximate surface area is 213 Å². The predicted octanol–water partition coefficient (Wildman–Crippen LogP) is 6.03. The highest BCUT2D eigenvalue weighted by molar-refractivity contribution is 5.95. The van der Waals surface area contributed by atoms with Crippen LogP contribution in [0.2, 0.25) is 0 Å². The van der Waals surface area contributed by atoms with Crippen molar-refractivity contribution in [3.63, 3.8) is 0 Å². The van der Waals surface area contributed by atoms with Gasteiger partial charge >= 0.3 is 12.1 Å². The van der Waals surface area contributed by atoms with E-state index in [4.69, 9.17) is 9.47 Å². The van der Waals surface area contributed by atoms with Crippen LogP contribution in [0.15, 0.2) is 54.6 Å². The summed E-state index contributed by atoms with van der Waals surface area (Å²) in [5, 5.41) is 2.85. The molecule has 0 bridgehead atoms. The van der Waals surface area contributed by atoms with Crippen LogP contribution in [0, 0.1) is 13.8 Å². The minimum absolute atomic E-state index is 0.251. The van der Waals surface area contributed by atoms with Crippen molar-refractivity contribution in [1.29, 1.82) is 0 Å². The summed E-state index contributed by atoms with van der Waals surface area (Å²) in [7, 11) is 0. The van der Waals surface area contributed by atoms with Crippen molar-refractivity contribution in [3.05, 3.63) is 82.5 Å². The summed E-state index contributed by atoms with van der Waals surface area (Å²) < 4.78 is 49.3. The molecule has 9 heteroatoms. The number of halogens is 3. The average Bonchev–Trinajstić information content (AvgIpc) is 2.83. The van der Waals surface area contributed by atoms with E-state index in [0.717, 1.165) is 23.3 Å². The van der Waals surface area contributed by atoms with Gasteiger partial charge < -0.3 is 14.8 Å². The molecule has 3 aromatic rings. The molecule has 0 aliphatic rings. The summed E-state index contributed by atoms with van der Waals surface area (Å²) in [6.45, 7) is 9.03. The molecule has 3 rings (SSSR count). The second-order valence-corrected chi connectivity index (χ2v) is 9.02. The second kappa shape index (κ2) is 11.0. The van der Waals surface area contributed by atoms with E-state index in [1.54, 1.807) is 52.0 Å². The molecule has 0 saturated heterocycles. The summed E-state index contributed by atoms with van der Waals surface area (Å²) in [5.74, 6) is -0.253. The lowest BCUT2D eigenvalue weighted by Gasteiger charge is -2.25. The van der Waals surface area contributed by atoms with Gasteiger partial charge in [0.2, 0.25) is 0 Å². The number of aryl methyl sites for hydroxylation is 2. The lowest BCUT2D eigenvalue weighted by Crippen LogP contribution is -2.39. The summed E-state index contributed by atoms with van der Waals surface area (Å²) >= 11 is 0. The smallest absolute Gasteiger partial charge is 0.416 e. The number of nitrogens with one attached hydrogen (secondary N) is 1. The molecule has 0 fully saturated rings. The number of nitrogens with zero attached hydrogens (tertiary/aromatic N) is 1. The third-order valence-corrected chi connectivity index (χ3v) is 5.66. The van der Waals surface area contributed by atoms with E-state index >= 15 is 0 Å². The summed E-state index contributed by atoms with van der Waals surface area (Å²) in [6, 6.07) is 13.3. The number of benzene rings is 2. The molecule has 196 valence electrons. The van der Waals surface area contributed by atoms with Crippen molar-refractivity contribution in [2.75, 3.05) is 6.61 Å².